The van der Waals surface area contributed by atoms with Gasteiger partial charge in [0.25, 0.3) is 0 Å². The first-order chi connectivity index (χ1) is 8.49. The molecule has 92 valence electrons. The lowest BCUT2D eigenvalue weighted by atomic mass is 10.0. The van der Waals surface area contributed by atoms with Gasteiger partial charge in [0.15, 0.2) is 0 Å². The van der Waals surface area contributed by atoms with Crippen LogP contribution in [0.15, 0.2) is 30.6 Å². The molecule has 0 saturated heterocycles. The van der Waals surface area contributed by atoms with E-state index in [9.17, 15) is 13.6 Å². The fourth-order valence-corrected chi connectivity index (χ4v) is 1.58. The van der Waals surface area contributed by atoms with Crippen molar-refractivity contribution < 1.29 is 18.7 Å². The van der Waals surface area contributed by atoms with Gasteiger partial charge in [-0.25, -0.2) is 13.6 Å². The standard InChI is InChI=1S/C13H9F2NO2/c1-7-2-10(12(15)4-11(7)14)8-3-9(13(17)18)6-16-5-8/h2-6H,1H3,(H,17,18). The number of halogens is 2. The quantitative estimate of drug-likeness (QED) is 0.889. The molecule has 0 amide bonds. The van der Waals surface area contributed by atoms with E-state index in [4.69, 9.17) is 5.11 Å². The van der Waals surface area contributed by atoms with Crippen LogP contribution in [0.25, 0.3) is 11.1 Å². The Morgan fingerprint density at radius 1 is 1.17 bits per heavy atom. The summed E-state index contributed by atoms with van der Waals surface area (Å²) >= 11 is 0. The van der Waals surface area contributed by atoms with E-state index in [1.165, 1.54) is 31.5 Å². The second-order valence-electron chi connectivity index (χ2n) is 3.85. The number of aryl methyl sites for hydroxylation is 1. The van der Waals surface area contributed by atoms with Gasteiger partial charge >= 0.3 is 5.97 Å². The lowest BCUT2D eigenvalue weighted by Gasteiger charge is -2.06. The monoisotopic (exact) mass is 249 g/mol. The molecule has 1 heterocycles. The van der Waals surface area contributed by atoms with Crippen LogP contribution < -0.4 is 0 Å². The number of carboxylic acids is 1. The maximum absolute atomic E-state index is 13.6. The molecule has 1 N–H and O–H groups in total. The minimum atomic E-state index is -1.15. The number of aromatic carboxylic acids is 1. The Morgan fingerprint density at radius 2 is 1.89 bits per heavy atom. The van der Waals surface area contributed by atoms with Gasteiger partial charge in [-0.3, -0.25) is 4.98 Å². The van der Waals surface area contributed by atoms with E-state index in [0.717, 1.165) is 6.07 Å². The van der Waals surface area contributed by atoms with E-state index in [1.54, 1.807) is 0 Å². The van der Waals surface area contributed by atoms with E-state index in [0.29, 0.717) is 5.56 Å². The fourth-order valence-electron chi connectivity index (χ4n) is 1.58. The van der Waals surface area contributed by atoms with Crippen molar-refractivity contribution in [2.75, 3.05) is 0 Å². The second kappa shape index (κ2) is 4.52. The Balaban J connectivity index is 2.58. The Bertz CT molecular complexity index is 626. The summed E-state index contributed by atoms with van der Waals surface area (Å²) in [6.45, 7) is 1.51. The number of nitrogens with zero attached hydrogens (tertiary/aromatic N) is 1. The number of aromatic nitrogens is 1. The van der Waals surface area contributed by atoms with E-state index in [-0.39, 0.29) is 16.7 Å². The summed E-state index contributed by atoms with van der Waals surface area (Å²) in [6.07, 6.45) is 2.50. The molecule has 0 aliphatic heterocycles. The van der Waals surface area contributed by atoms with Gasteiger partial charge < -0.3 is 5.11 Å². The summed E-state index contributed by atoms with van der Waals surface area (Å²) in [5.41, 5.74) is 0.668. The van der Waals surface area contributed by atoms with Gasteiger partial charge in [-0.2, -0.15) is 0 Å². The van der Waals surface area contributed by atoms with Crippen molar-refractivity contribution >= 4 is 5.97 Å². The number of hydrogen-bond donors (Lipinski definition) is 1. The lowest BCUT2D eigenvalue weighted by Crippen LogP contribution is -1.98. The molecule has 0 spiro atoms. The van der Waals surface area contributed by atoms with Crippen molar-refractivity contribution in [3.8, 4) is 11.1 Å². The second-order valence-corrected chi connectivity index (χ2v) is 3.85. The molecule has 1 aromatic carbocycles. The lowest BCUT2D eigenvalue weighted by molar-refractivity contribution is 0.0696. The highest BCUT2D eigenvalue weighted by atomic mass is 19.1. The van der Waals surface area contributed by atoms with Crippen molar-refractivity contribution in [3.05, 3.63) is 53.4 Å². The van der Waals surface area contributed by atoms with Crippen LogP contribution in [0.3, 0.4) is 0 Å². The van der Waals surface area contributed by atoms with Crippen LogP contribution >= 0.6 is 0 Å². The first-order valence-electron chi connectivity index (χ1n) is 5.13. The van der Waals surface area contributed by atoms with Crippen LogP contribution in [0, 0.1) is 18.6 Å². The van der Waals surface area contributed by atoms with Crippen LogP contribution in [0.4, 0.5) is 8.78 Å². The zero-order chi connectivity index (χ0) is 13.3. The maximum atomic E-state index is 13.6. The van der Waals surface area contributed by atoms with Gasteiger partial charge in [0.1, 0.15) is 11.6 Å². The summed E-state index contributed by atoms with van der Waals surface area (Å²) in [4.78, 5) is 14.5. The van der Waals surface area contributed by atoms with Crippen LogP contribution in [0.2, 0.25) is 0 Å². The Labute approximate surface area is 102 Å². The third kappa shape index (κ3) is 2.20. The molecule has 18 heavy (non-hydrogen) atoms. The predicted molar refractivity (Wildman–Crippen MR) is 61.3 cm³/mol. The molecule has 5 heteroatoms. The number of pyridine rings is 1. The molecule has 0 atom stereocenters. The van der Waals surface area contributed by atoms with E-state index in [1.807, 2.05) is 0 Å². The zero-order valence-electron chi connectivity index (χ0n) is 9.45. The highest BCUT2D eigenvalue weighted by Gasteiger charge is 2.11. The average molecular weight is 249 g/mol. The average Bonchev–Trinajstić information content (AvgIpc) is 2.34. The summed E-state index contributed by atoms with van der Waals surface area (Å²) in [5.74, 6) is -2.54. The summed E-state index contributed by atoms with van der Waals surface area (Å²) in [7, 11) is 0. The number of benzene rings is 1. The van der Waals surface area contributed by atoms with E-state index < -0.39 is 17.6 Å². The van der Waals surface area contributed by atoms with Crippen molar-refractivity contribution in [1.29, 1.82) is 0 Å². The molecule has 0 bridgehead atoms. The van der Waals surface area contributed by atoms with Crippen molar-refractivity contribution in [1.82, 2.24) is 4.98 Å². The number of hydrogen-bond acceptors (Lipinski definition) is 2. The van der Waals surface area contributed by atoms with Gasteiger partial charge in [-0.1, -0.05) is 0 Å². The van der Waals surface area contributed by atoms with Crippen LogP contribution in [-0.4, -0.2) is 16.1 Å². The Hall–Kier alpha value is -2.30. The van der Waals surface area contributed by atoms with Crippen molar-refractivity contribution in [2.45, 2.75) is 6.92 Å². The van der Waals surface area contributed by atoms with Gasteiger partial charge in [-0.05, 0) is 24.6 Å². The maximum Gasteiger partial charge on any atom is 0.337 e. The molecule has 0 fully saturated rings. The smallest absolute Gasteiger partial charge is 0.337 e. The topological polar surface area (TPSA) is 50.2 Å². The molecule has 2 aromatic rings. The normalized spacial score (nSPS) is 10.4. The largest absolute Gasteiger partial charge is 0.478 e. The highest BCUT2D eigenvalue weighted by Crippen LogP contribution is 2.25. The molecular weight excluding hydrogens is 240 g/mol. The minimum Gasteiger partial charge on any atom is -0.478 e. The molecule has 0 radical (unpaired) electrons. The Kier molecular flexibility index (Phi) is 3.06. The molecule has 0 saturated carbocycles. The van der Waals surface area contributed by atoms with E-state index in [2.05, 4.69) is 4.98 Å². The van der Waals surface area contributed by atoms with Gasteiger partial charge in [0.05, 0.1) is 5.56 Å². The summed E-state index contributed by atoms with van der Waals surface area (Å²) < 4.78 is 26.8. The molecule has 2 rings (SSSR count). The zero-order valence-corrected chi connectivity index (χ0v) is 9.45. The van der Waals surface area contributed by atoms with Crippen molar-refractivity contribution in [2.24, 2.45) is 0 Å². The SMILES string of the molecule is Cc1cc(-c2cncc(C(=O)O)c2)c(F)cc1F. The van der Waals surface area contributed by atoms with Gasteiger partial charge in [0, 0.05) is 29.6 Å². The first-order valence-corrected chi connectivity index (χ1v) is 5.13. The molecule has 3 nitrogen and oxygen atoms in total. The first kappa shape index (κ1) is 12.2. The molecule has 1 aromatic heterocycles. The number of carbonyl (C=O) groups is 1. The highest BCUT2D eigenvalue weighted by molar-refractivity contribution is 5.88. The molecule has 0 aliphatic carbocycles. The molecule has 0 unspecified atom stereocenters. The predicted octanol–water partition coefficient (Wildman–Crippen LogP) is 3.03. The summed E-state index contributed by atoms with van der Waals surface area (Å²) in [6, 6.07) is 3.40. The number of carboxylic acid groups (broad SMARTS) is 1. The Morgan fingerprint density at radius 3 is 2.56 bits per heavy atom. The molecule has 0 aliphatic rings. The van der Waals surface area contributed by atoms with Gasteiger partial charge in [0.2, 0.25) is 0 Å². The number of rotatable bonds is 2. The van der Waals surface area contributed by atoms with Crippen LogP contribution in [0.1, 0.15) is 15.9 Å². The summed E-state index contributed by atoms with van der Waals surface area (Å²) in [5, 5.41) is 8.83. The third-order valence-electron chi connectivity index (χ3n) is 2.54. The van der Waals surface area contributed by atoms with Crippen molar-refractivity contribution in [3.63, 3.8) is 0 Å². The molecular formula is C13H9F2NO2. The van der Waals surface area contributed by atoms with Gasteiger partial charge in [-0.15, -0.1) is 0 Å². The van der Waals surface area contributed by atoms with Crippen LogP contribution in [0.5, 0.6) is 0 Å². The third-order valence-corrected chi connectivity index (χ3v) is 2.54. The fraction of sp³-hybridized carbons (Fsp3) is 0.0769. The minimum absolute atomic E-state index is 0.0473. The van der Waals surface area contributed by atoms with E-state index >= 15 is 0 Å². The van der Waals surface area contributed by atoms with Crippen LogP contribution in [-0.2, 0) is 0 Å².